The van der Waals surface area contributed by atoms with Gasteiger partial charge in [0.2, 0.25) is 0 Å². The van der Waals surface area contributed by atoms with E-state index in [1.54, 1.807) is 20.7 Å². The van der Waals surface area contributed by atoms with Crippen LogP contribution in [0.2, 0.25) is 0 Å². The SMILES string of the molecule is O=S(=O)(N1CC2CCC1C2)N1CCNCC1c1cccc(F)c1. The highest BCUT2D eigenvalue weighted by Crippen LogP contribution is 2.41. The minimum Gasteiger partial charge on any atom is -0.313 e. The summed E-state index contributed by atoms with van der Waals surface area (Å²) in [6.45, 7) is 2.22. The summed E-state index contributed by atoms with van der Waals surface area (Å²) in [4.78, 5) is 0. The fourth-order valence-corrected chi connectivity index (χ4v) is 6.33. The molecule has 3 aliphatic rings. The second kappa shape index (κ2) is 5.81. The molecule has 1 aromatic carbocycles. The van der Waals surface area contributed by atoms with Crippen LogP contribution in [0.25, 0.3) is 0 Å². The highest BCUT2D eigenvalue weighted by Gasteiger charge is 2.47. The first kappa shape index (κ1) is 15.5. The van der Waals surface area contributed by atoms with Crippen LogP contribution in [0.1, 0.15) is 30.9 Å². The summed E-state index contributed by atoms with van der Waals surface area (Å²) in [5, 5.41) is 3.23. The maximum Gasteiger partial charge on any atom is 0.282 e. The van der Waals surface area contributed by atoms with Crippen molar-refractivity contribution in [2.45, 2.75) is 31.3 Å². The van der Waals surface area contributed by atoms with E-state index in [0.717, 1.165) is 19.3 Å². The number of fused-ring (bicyclic) bond motifs is 2. The van der Waals surface area contributed by atoms with E-state index in [-0.39, 0.29) is 17.9 Å². The van der Waals surface area contributed by atoms with Gasteiger partial charge in [0, 0.05) is 32.2 Å². The zero-order chi connectivity index (χ0) is 16.0. The Hall–Kier alpha value is -1.02. The molecule has 23 heavy (non-hydrogen) atoms. The molecule has 1 aromatic rings. The van der Waals surface area contributed by atoms with E-state index < -0.39 is 10.2 Å². The maximum atomic E-state index is 13.6. The third kappa shape index (κ3) is 2.69. The van der Waals surface area contributed by atoms with Gasteiger partial charge in [-0.15, -0.1) is 0 Å². The largest absolute Gasteiger partial charge is 0.313 e. The molecule has 0 aromatic heterocycles. The summed E-state index contributed by atoms with van der Waals surface area (Å²) in [6.07, 6.45) is 3.11. The lowest BCUT2D eigenvalue weighted by Crippen LogP contribution is -2.54. The number of piperidine rings is 1. The van der Waals surface area contributed by atoms with E-state index in [1.807, 2.05) is 0 Å². The second-order valence-electron chi connectivity index (χ2n) is 6.80. The number of halogens is 1. The van der Waals surface area contributed by atoms with Crippen molar-refractivity contribution in [3.63, 3.8) is 0 Å². The van der Waals surface area contributed by atoms with E-state index in [9.17, 15) is 12.8 Å². The van der Waals surface area contributed by atoms with Crippen LogP contribution >= 0.6 is 0 Å². The van der Waals surface area contributed by atoms with E-state index in [4.69, 9.17) is 0 Å². The van der Waals surface area contributed by atoms with E-state index in [2.05, 4.69) is 5.32 Å². The number of piperazine rings is 1. The van der Waals surface area contributed by atoms with E-state index in [0.29, 0.717) is 37.7 Å². The van der Waals surface area contributed by atoms with Gasteiger partial charge in [0.1, 0.15) is 5.82 Å². The van der Waals surface area contributed by atoms with E-state index in [1.165, 1.54) is 12.1 Å². The Morgan fingerprint density at radius 3 is 2.78 bits per heavy atom. The van der Waals surface area contributed by atoms with Gasteiger partial charge >= 0.3 is 0 Å². The number of rotatable bonds is 3. The van der Waals surface area contributed by atoms with Crippen molar-refractivity contribution in [2.24, 2.45) is 5.92 Å². The van der Waals surface area contributed by atoms with Crippen molar-refractivity contribution in [3.05, 3.63) is 35.6 Å². The molecule has 3 atom stereocenters. The molecule has 3 unspecified atom stereocenters. The van der Waals surface area contributed by atoms with Crippen LogP contribution in [0.5, 0.6) is 0 Å². The third-order valence-corrected chi connectivity index (χ3v) is 7.45. The average Bonchev–Trinajstić information content (AvgIpc) is 3.18. The fraction of sp³-hybridized carbons (Fsp3) is 0.625. The summed E-state index contributed by atoms with van der Waals surface area (Å²) in [5.41, 5.74) is 0.713. The zero-order valence-corrected chi connectivity index (χ0v) is 13.8. The molecule has 1 aliphatic carbocycles. The van der Waals surface area contributed by atoms with Crippen molar-refractivity contribution in [1.82, 2.24) is 13.9 Å². The molecule has 2 aliphatic heterocycles. The molecule has 126 valence electrons. The molecule has 0 radical (unpaired) electrons. The van der Waals surface area contributed by atoms with Gasteiger partial charge in [0.15, 0.2) is 0 Å². The van der Waals surface area contributed by atoms with Gasteiger partial charge in [0.25, 0.3) is 10.2 Å². The van der Waals surface area contributed by atoms with Gasteiger partial charge in [-0.25, -0.2) is 4.39 Å². The van der Waals surface area contributed by atoms with Crippen LogP contribution in [0.15, 0.2) is 24.3 Å². The Morgan fingerprint density at radius 1 is 1.22 bits per heavy atom. The molecule has 0 spiro atoms. The maximum absolute atomic E-state index is 13.6. The highest BCUT2D eigenvalue weighted by atomic mass is 32.2. The van der Waals surface area contributed by atoms with Crippen LogP contribution in [0, 0.1) is 11.7 Å². The van der Waals surface area contributed by atoms with Crippen molar-refractivity contribution in [2.75, 3.05) is 26.2 Å². The quantitative estimate of drug-likeness (QED) is 0.908. The predicted octanol–water partition coefficient (Wildman–Crippen LogP) is 1.50. The van der Waals surface area contributed by atoms with Crippen molar-refractivity contribution >= 4 is 10.2 Å². The minimum atomic E-state index is -3.50. The Bertz CT molecular complexity index is 696. The van der Waals surface area contributed by atoms with Crippen molar-refractivity contribution < 1.29 is 12.8 Å². The minimum absolute atomic E-state index is 0.160. The summed E-state index contributed by atoms with van der Waals surface area (Å²) < 4.78 is 43.2. The number of nitrogens with one attached hydrogen (secondary N) is 1. The second-order valence-corrected chi connectivity index (χ2v) is 8.63. The standard InChI is InChI=1S/C16H22FN3O2S/c17-14-3-1-2-13(9-14)16-10-18-6-7-19(16)23(21,22)20-11-12-4-5-15(20)8-12/h1-3,9,12,15-16,18H,4-8,10-11H2. The summed E-state index contributed by atoms with van der Waals surface area (Å²) in [6, 6.07) is 6.09. The first-order valence-electron chi connectivity index (χ1n) is 8.30. The molecule has 3 fully saturated rings. The Kier molecular flexibility index (Phi) is 3.91. The van der Waals surface area contributed by atoms with Crippen LogP contribution < -0.4 is 5.32 Å². The lowest BCUT2D eigenvalue weighted by atomic mass is 10.1. The van der Waals surface area contributed by atoms with E-state index >= 15 is 0 Å². The lowest BCUT2D eigenvalue weighted by molar-refractivity contribution is 0.232. The Labute approximate surface area is 136 Å². The fourth-order valence-electron chi connectivity index (χ4n) is 4.26. The van der Waals surface area contributed by atoms with Gasteiger partial charge in [0.05, 0.1) is 6.04 Å². The average molecular weight is 339 g/mol. The molecule has 1 N–H and O–H groups in total. The Balaban J connectivity index is 1.65. The van der Waals surface area contributed by atoms with Crippen LogP contribution in [-0.2, 0) is 10.2 Å². The lowest BCUT2D eigenvalue weighted by Gasteiger charge is -2.39. The zero-order valence-electron chi connectivity index (χ0n) is 13.0. The predicted molar refractivity (Wildman–Crippen MR) is 85.5 cm³/mol. The first-order valence-corrected chi connectivity index (χ1v) is 9.70. The topological polar surface area (TPSA) is 52.7 Å². The van der Waals surface area contributed by atoms with Crippen molar-refractivity contribution in [3.8, 4) is 0 Å². The monoisotopic (exact) mass is 339 g/mol. The number of nitrogens with zero attached hydrogens (tertiary/aromatic N) is 2. The van der Waals surface area contributed by atoms with Gasteiger partial charge in [-0.3, -0.25) is 0 Å². The van der Waals surface area contributed by atoms with Gasteiger partial charge in [-0.2, -0.15) is 17.0 Å². The summed E-state index contributed by atoms with van der Waals surface area (Å²) in [5.74, 6) is 0.191. The molecule has 2 bridgehead atoms. The number of hydrogen-bond donors (Lipinski definition) is 1. The van der Waals surface area contributed by atoms with Crippen LogP contribution in [0.4, 0.5) is 4.39 Å². The smallest absolute Gasteiger partial charge is 0.282 e. The normalized spacial score (nSPS) is 32.5. The molecule has 2 heterocycles. The molecule has 5 nitrogen and oxygen atoms in total. The Morgan fingerprint density at radius 2 is 2.09 bits per heavy atom. The third-order valence-electron chi connectivity index (χ3n) is 5.38. The molecular formula is C16H22FN3O2S. The number of hydrogen-bond acceptors (Lipinski definition) is 3. The first-order chi connectivity index (χ1) is 11.1. The van der Waals surface area contributed by atoms with Crippen LogP contribution in [-0.4, -0.2) is 49.2 Å². The van der Waals surface area contributed by atoms with Gasteiger partial charge in [-0.1, -0.05) is 12.1 Å². The molecule has 7 heteroatoms. The number of benzene rings is 1. The molecular weight excluding hydrogens is 317 g/mol. The van der Waals surface area contributed by atoms with Gasteiger partial charge in [-0.05, 0) is 42.9 Å². The molecule has 1 saturated carbocycles. The summed E-state index contributed by atoms with van der Waals surface area (Å²) in [7, 11) is -3.50. The van der Waals surface area contributed by atoms with Gasteiger partial charge < -0.3 is 5.32 Å². The van der Waals surface area contributed by atoms with Crippen molar-refractivity contribution in [1.29, 1.82) is 0 Å². The summed E-state index contributed by atoms with van der Waals surface area (Å²) >= 11 is 0. The molecule has 2 saturated heterocycles. The highest BCUT2D eigenvalue weighted by molar-refractivity contribution is 7.86. The molecule has 0 amide bonds. The van der Waals surface area contributed by atoms with Crippen LogP contribution in [0.3, 0.4) is 0 Å². The molecule has 4 rings (SSSR count).